The summed E-state index contributed by atoms with van der Waals surface area (Å²) in [5.41, 5.74) is 1.74. The van der Waals surface area contributed by atoms with Gasteiger partial charge in [0.1, 0.15) is 0 Å². The van der Waals surface area contributed by atoms with E-state index in [1.807, 2.05) is 30.3 Å². The van der Waals surface area contributed by atoms with Crippen LogP contribution >= 0.6 is 0 Å². The predicted octanol–water partition coefficient (Wildman–Crippen LogP) is 3.92. The van der Waals surface area contributed by atoms with Crippen LogP contribution in [0.1, 0.15) is 48.0 Å². The molecule has 162 valence electrons. The molecule has 0 aliphatic heterocycles. The van der Waals surface area contributed by atoms with E-state index in [1.165, 1.54) is 19.3 Å². The fourth-order valence-electron chi connectivity index (χ4n) is 4.90. The van der Waals surface area contributed by atoms with Crippen LogP contribution in [0.15, 0.2) is 54.6 Å². The van der Waals surface area contributed by atoms with E-state index in [0.717, 1.165) is 17.9 Å². The maximum absolute atomic E-state index is 12.6. The summed E-state index contributed by atoms with van der Waals surface area (Å²) in [4.78, 5) is 37.1. The lowest BCUT2D eigenvalue weighted by Gasteiger charge is -2.20. The molecule has 6 nitrogen and oxygen atoms in total. The smallest absolute Gasteiger partial charge is 0.306 e. The Bertz CT molecular complexity index is 944. The first-order valence-corrected chi connectivity index (χ1v) is 10.9. The Kier molecular flexibility index (Phi) is 6.65. The number of carbonyl (C=O) groups is 3. The zero-order chi connectivity index (χ0) is 21.6. The van der Waals surface area contributed by atoms with Crippen LogP contribution in [0.5, 0.6) is 0 Å². The minimum Gasteiger partial charge on any atom is -0.456 e. The number of hydrogen-bond donors (Lipinski definition) is 2. The molecule has 2 fully saturated rings. The van der Waals surface area contributed by atoms with Gasteiger partial charge in [0.2, 0.25) is 0 Å². The number of anilines is 1. The maximum Gasteiger partial charge on any atom is 0.306 e. The van der Waals surface area contributed by atoms with E-state index in [2.05, 4.69) is 10.6 Å². The summed E-state index contributed by atoms with van der Waals surface area (Å²) in [6.45, 7) is 0.0439. The third-order valence-electron chi connectivity index (χ3n) is 6.42. The number of amides is 2. The zero-order valence-corrected chi connectivity index (χ0v) is 17.5. The minimum atomic E-state index is -0.454. The molecule has 3 atom stereocenters. The summed E-state index contributed by atoms with van der Waals surface area (Å²) in [6.07, 6.45) is 5.25. The lowest BCUT2D eigenvalue weighted by Crippen LogP contribution is -2.26. The summed E-state index contributed by atoms with van der Waals surface area (Å²) in [6, 6.07) is 16.4. The van der Waals surface area contributed by atoms with Gasteiger partial charge in [-0.15, -0.1) is 0 Å². The second-order valence-corrected chi connectivity index (χ2v) is 8.56. The van der Waals surface area contributed by atoms with Crippen LogP contribution in [0.3, 0.4) is 0 Å². The summed E-state index contributed by atoms with van der Waals surface area (Å²) in [5, 5.41) is 5.55. The van der Waals surface area contributed by atoms with Crippen molar-refractivity contribution in [2.75, 3.05) is 11.9 Å². The third kappa shape index (κ3) is 5.51. The molecule has 0 unspecified atom stereocenters. The molecular formula is C25H28N2O4. The van der Waals surface area contributed by atoms with Crippen LogP contribution in [-0.4, -0.2) is 24.4 Å². The quantitative estimate of drug-likeness (QED) is 0.634. The third-order valence-corrected chi connectivity index (χ3v) is 6.42. The predicted molar refractivity (Wildman–Crippen MR) is 117 cm³/mol. The number of nitrogens with one attached hydrogen (secondary N) is 2. The van der Waals surface area contributed by atoms with Crippen LogP contribution in [-0.2, 0) is 20.9 Å². The Morgan fingerprint density at radius 3 is 2.45 bits per heavy atom. The Labute approximate surface area is 182 Å². The minimum absolute atomic E-state index is 0.284. The van der Waals surface area contributed by atoms with Crippen molar-refractivity contribution in [3.05, 3.63) is 65.7 Å². The summed E-state index contributed by atoms with van der Waals surface area (Å²) in [5.74, 6) is 0.769. The number of esters is 1. The van der Waals surface area contributed by atoms with Gasteiger partial charge in [0.25, 0.3) is 11.8 Å². The molecule has 0 radical (unpaired) electrons. The Morgan fingerprint density at radius 2 is 1.71 bits per heavy atom. The summed E-state index contributed by atoms with van der Waals surface area (Å²) in [7, 11) is 0. The van der Waals surface area contributed by atoms with Gasteiger partial charge in [0.05, 0.1) is 11.3 Å². The highest BCUT2D eigenvalue weighted by Gasteiger charge is 2.40. The van der Waals surface area contributed by atoms with Crippen molar-refractivity contribution in [1.29, 1.82) is 0 Å². The second kappa shape index (κ2) is 9.77. The Balaban J connectivity index is 1.26. The fourth-order valence-corrected chi connectivity index (χ4v) is 4.90. The first kappa shape index (κ1) is 21.1. The van der Waals surface area contributed by atoms with Gasteiger partial charge in [-0.2, -0.15) is 0 Å². The molecule has 0 saturated heterocycles. The number of rotatable bonds is 8. The Morgan fingerprint density at radius 1 is 0.935 bits per heavy atom. The average molecular weight is 421 g/mol. The molecule has 2 saturated carbocycles. The van der Waals surface area contributed by atoms with Gasteiger partial charge >= 0.3 is 5.97 Å². The molecule has 2 aromatic carbocycles. The van der Waals surface area contributed by atoms with E-state index in [0.29, 0.717) is 36.1 Å². The van der Waals surface area contributed by atoms with Crippen molar-refractivity contribution < 1.29 is 19.1 Å². The standard InChI is InChI=1S/C25H28N2O4/c28-23(16-31-24(29)14-20-13-18-10-11-19(20)12-18)27-22-9-5-4-8-21(22)25(30)26-15-17-6-2-1-3-7-17/h1-9,18-20H,10-16H2,(H,26,30)(H,27,28)/t18-,19+,20-/m0/s1. The molecular weight excluding hydrogens is 392 g/mol. The van der Waals surface area contributed by atoms with E-state index in [9.17, 15) is 14.4 Å². The van der Waals surface area contributed by atoms with Crippen molar-refractivity contribution in [2.24, 2.45) is 17.8 Å². The van der Waals surface area contributed by atoms with E-state index in [1.54, 1.807) is 24.3 Å². The molecule has 0 aromatic heterocycles. The maximum atomic E-state index is 12.6. The number of para-hydroxylation sites is 1. The SMILES string of the molecule is O=C(COC(=O)C[C@@H]1C[C@H]2CC[C@@H]1C2)Nc1ccccc1C(=O)NCc1ccccc1. The van der Waals surface area contributed by atoms with Gasteiger partial charge in [-0.05, 0) is 54.7 Å². The van der Waals surface area contributed by atoms with Gasteiger partial charge in [-0.1, -0.05) is 48.9 Å². The van der Waals surface area contributed by atoms with Crippen LogP contribution in [0.2, 0.25) is 0 Å². The van der Waals surface area contributed by atoms with E-state index in [-0.39, 0.29) is 18.5 Å². The van der Waals surface area contributed by atoms with Crippen molar-refractivity contribution >= 4 is 23.5 Å². The highest BCUT2D eigenvalue weighted by atomic mass is 16.5. The van der Waals surface area contributed by atoms with Gasteiger partial charge in [-0.3, -0.25) is 14.4 Å². The van der Waals surface area contributed by atoms with Gasteiger partial charge < -0.3 is 15.4 Å². The van der Waals surface area contributed by atoms with E-state index >= 15 is 0 Å². The first-order chi connectivity index (χ1) is 15.1. The van der Waals surface area contributed by atoms with Crippen molar-refractivity contribution in [1.82, 2.24) is 5.32 Å². The summed E-state index contributed by atoms with van der Waals surface area (Å²) < 4.78 is 5.20. The second-order valence-electron chi connectivity index (χ2n) is 8.56. The number of ether oxygens (including phenoxy) is 1. The van der Waals surface area contributed by atoms with Crippen molar-refractivity contribution in [2.45, 2.75) is 38.6 Å². The van der Waals surface area contributed by atoms with E-state index in [4.69, 9.17) is 4.74 Å². The normalized spacial score (nSPS) is 21.5. The average Bonchev–Trinajstić information content (AvgIpc) is 3.40. The number of benzene rings is 2. The lowest BCUT2D eigenvalue weighted by atomic mass is 9.86. The molecule has 4 rings (SSSR count). The summed E-state index contributed by atoms with van der Waals surface area (Å²) >= 11 is 0. The molecule has 2 aromatic rings. The van der Waals surface area contributed by atoms with Crippen LogP contribution in [0, 0.1) is 17.8 Å². The molecule has 0 heterocycles. The molecule has 2 amide bonds. The first-order valence-electron chi connectivity index (χ1n) is 10.9. The Hall–Kier alpha value is -3.15. The van der Waals surface area contributed by atoms with Gasteiger partial charge in [0, 0.05) is 13.0 Å². The van der Waals surface area contributed by atoms with Gasteiger partial charge in [-0.25, -0.2) is 0 Å². The fraction of sp³-hybridized carbons (Fsp3) is 0.400. The van der Waals surface area contributed by atoms with Gasteiger partial charge in [0.15, 0.2) is 6.61 Å². The van der Waals surface area contributed by atoms with Crippen LogP contribution < -0.4 is 10.6 Å². The highest BCUT2D eigenvalue weighted by molar-refractivity contribution is 6.04. The molecule has 2 aliphatic carbocycles. The molecule has 2 N–H and O–H groups in total. The molecule has 0 spiro atoms. The largest absolute Gasteiger partial charge is 0.456 e. The van der Waals surface area contributed by atoms with Crippen molar-refractivity contribution in [3.63, 3.8) is 0 Å². The van der Waals surface area contributed by atoms with E-state index < -0.39 is 5.91 Å². The monoisotopic (exact) mass is 420 g/mol. The molecule has 6 heteroatoms. The molecule has 31 heavy (non-hydrogen) atoms. The molecule has 2 aliphatic rings. The topological polar surface area (TPSA) is 84.5 Å². The lowest BCUT2D eigenvalue weighted by molar-refractivity contribution is -0.148. The number of fused-ring (bicyclic) bond motifs is 2. The van der Waals surface area contributed by atoms with Crippen LogP contribution in [0.4, 0.5) is 5.69 Å². The van der Waals surface area contributed by atoms with Crippen molar-refractivity contribution in [3.8, 4) is 0 Å². The zero-order valence-electron chi connectivity index (χ0n) is 17.5. The highest BCUT2D eigenvalue weighted by Crippen LogP contribution is 2.49. The number of hydrogen-bond acceptors (Lipinski definition) is 4. The molecule has 2 bridgehead atoms. The van der Waals surface area contributed by atoms with Crippen LogP contribution in [0.25, 0.3) is 0 Å². The number of carbonyl (C=O) groups excluding carboxylic acids is 3.